The number of halogens is 1. The van der Waals surface area contributed by atoms with Crippen molar-refractivity contribution in [3.05, 3.63) is 47.2 Å². The minimum atomic E-state index is -3.37. The monoisotopic (exact) mass is 379 g/mol. The molecule has 24 heavy (non-hydrogen) atoms. The van der Waals surface area contributed by atoms with E-state index in [4.69, 9.17) is 17.3 Å². The van der Waals surface area contributed by atoms with E-state index < -0.39 is 9.84 Å². The van der Waals surface area contributed by atoms with Crippen LogP contribution in [0.15, 0.2) is 41.4 Å². The number of thiazole rings is 1. The first-order chi connectivity index (χ1) is 11.3. The van der Waals surface area contributed by atoms with Crippen molar-refractivity contribution in [2.75, 3.05) is 12.0 Å². The van der Waals surface area contributed by atoms with Crippen LogP contribution in [0, 0.1) is 6.92 Å². The standard InChI is InChI=1S/C16H14ClN3O2S2/c1-9-7-10(5-6-19-9)14-15(23-16(18)20-14)11-3-4-13(12(17)8-11)24(2,21)22/h3-8H,1-2H3,(H2,18,20). The molecule has 0 fully saturated rings. The number of aryl methyl sites for hydroxylation is 1. The summed E-state index contributed by atoms with van der Waals surface area (Å²) in [4.78, 5) is 9.53. The second-order valence-corrected chi connectivity index (χ2v) is 8.76. The Morgan fingerprint density at radius 2 is 1.92 bits per heavy atom. The summed E-state index contributed by atoms with van der Waals surface area (Å²) >= 11 is 7.49. The van der Waals surface area contributed by atoms with Gasteiger partial charge in [-0.25, -0.2) is 13.4 Å². The van der Waals surface area contributed by atoms with E-state index >= 15 is 0 Å². The van der Waals surface area contributed by atoms with Gasteiger partial charge in [-0.15, -0.1) is 0 Å². The van der Waals surface area contributed by atoms with Gasteiger partial charge < -0.3 is 5.73 Å². The molecule has 2 heterocycles. The topological polar surface area (TPSA) is 85.9 Å². The van der Waals surface area contributed by atoms with E-state index in [0.717, 1.165) is 33.6 Å². The fraction of sp³-hybridized carbons (Fsp3) is 0.125. The molecule has 3 aromatic rings. The van der Waals surface area contributed by atoms with Gasteiger partial charge in [-0.1, -0.05) is 29.0 Å². The van der Waals surface area contributed by atoms with E-state index in [1.165, 1.54) is 17.4 Å². The lowest BCUT2D eigenvalue weighted by molar-refractivity contribution is 0.602. The van der Waals surface area contributed by atoms with Crippen LogP contribution >= 0.6 is 22.9 Å². The zero-order valence-electron chi connectivity index (χ0n) is 12.9. The molecule has 1 aromatic carbocycles. The summed E-state index contributed by atoms with van der Waals surface area (Å²) in [6.07, 6.45) is 2.84. The Hall–Kier alpha value is -1.96. The third kappa shape index (κ3) is 3.28. The molecule has 0 saturated carbocycles. The third-order valence-electron chi connectivity index (χ3n) is 3.41. The van der Waals surface area contributed by atoms with Gasteiger partial charge in [-0.05, 0) is 36.8 Å². The number of hydrogen-bond donors (Lipinski definition) is 1. The predicted octanol–water partition coefficient (Wildman–Crippen LogP) is 3.82. The third-order valence-corrected chi connectivity index (χ3v) is 5.92. The average molecular weight is 380 g/mol. The Kier molecular flexibility index (Phi) is 4.33. The molecule has 0 aliphatic rings. The molecular weight excluding hydrogens is 366 g/mol. The summed E-state index contributed by atoms with van der Waals surface area (Å²) < 4.78 is 23.4. The Balaban J connectivity index is 2.16. The molecule has 0 aliphatic carbocycles. The van der Waals surface area contributed by atoms with E-state index in [2.05, 4.69) is 9.97 Å². The summed E-state index contributed by atoms with van der Waals surface area (Å²) in [6, 6.07) is 8.63. The summed E-state index contributed by atoms with van der Waals surface area (Å²) in [5, 5.41) is 0.608. The van der Waals surface area contributed by atoms with Crippen LogP contribution in [0.3, 0.4) is 0 Å². The van der Waals surface area contributed by atoms with Crippen molar-refractivity contribution in [1.29, 1.82) is 0 Å². The van der Waals surface area contributed by atoms with Gasteiger partial charge in [-0.3, -0.25) is 4.98 Å². The molecular formula is C16H14ClN3O2S2. The van der Waals surface area contributed by atoms with Gasteiger partial charge in [0.1, 0.15) is 0 Å². The first-order valence-electron chi connectivity index (χ1n) is 6.95. The number of hydrogen-bond acceptors (Lipinski definition) is 6. The van der Waals surface area contributed by atoms with Crippen molar-refractivity contribution in [1.82, 2.24) is 9.97 Å². The smallest absolute Gasteiger partial charge is 0.181 e. The van der Waals surface area contributed by atoms with Crippen molar-refractivity contribution in [2.45, 2.75) is 11.8 Å². The molecule has 3 rings (SSSR count). The molecule has 124 valence electrons. The molecule has 8 heteroatoms. The number of rotatable bonds is 3. The van der Waals surface area contributed by atoms with Gasteiger partial charge in [0.15, 0.2) is 15.0 Å². The van der Waals surface area contributed by atoms with Crippen molar-refractivity contribution >= 4 is 37.9 Å². The Labute approximate surface area is 149 Å². The normalized spacial score (nSPS) is 11.6. The first kappa shape index (κ1) is 16.9. The maximum Gasteiger partial charge on any atom is 0.181 e. The number of nitrogens with zero attached hydrogens (tertiary/aromatic N) is 2. The molecule has 2 aromatic heterocycles. The Morgan fingerprint density at radius 3 is 2.54 bits per heavy atom. The van der Waals surface area contributed by atoms with Crippen molar-refractivity contribution in [2.24, 2.45) is 0 Å². The minimum Gasteiger partial charge on any atom is -0.375 e. The maximum atomic E-state index is 11.7. The molecule has 0 radical (unpaired) electrons. The molecule has 0 aliphatic heterocycles. The molecule has 0 atom stereocenters. The SMILES string of the molecule is Cc1cc(-c2nc(N)sc2-c2ccc(S(C)(=O)=O)c(Cl)c2)ccn1. The number of nitrogens with two attached hydrogens (primary N) is 1. The lowest BCUT2D eigenvalue weighted by Gasteiger charge is -2.07. The van der Waals surface area contributed by atoms with Crippen LogP contribution in [-0.2, 0) is 9.84 Å². The van der Waals surface area contributed by atoms with Gasteiger partial charge in [-0.2, -0.15) is 0 Å². The summed E-state index contributed by atoms with van der Waals surface area (Å²) in [6.45, 7) is 1.90. The highest BCUT2D eigenvalue weighted by Gasteiger charge is 2.17. The Bertz CT molecular complexity index is 1030. The fourth-order valence-corrected chi connectivity index (χ4v) is 4.54. The van der Waals surface area contributed by atoms with Crippen LogP contribution in [0.1, 0.15) is 5.69 Å². The molecule has 0 amide bonds. The predicted molar refractivity (Wildman–Crippen MR) is 98.1 cm³/mol. The number of sulfone groups is 1. The fourth-order valence-electron chi connectivity index (χ4n) is 2.36. The van der Waals surface area contributed by atoms with Crippen molar-refractivity contribution < 1.29 is 8.42 Å². The number of nitrogen functional groups attached to an aromatic ring is 1. The lowest BCUT2D eigenvalue weighted by Crippen LogP contribution is -1.98. The zero-order chi connectivity index (χ0) is 17.5. The quantitative estimate of drug-likeness (QED) is 0.747. The first-order valence-corrected chi connectivity index (χ1v) is 10.0. The van der Waals surface area contributed by atoms with E-state index in [1.807, 2.05) is 19.1 Å². The highest BCUT2D eigenvalue weighted by atomic mass is 35.5. The van der Waals surface area contributed by atoms with E-state index in [1.54, 1.807) is 18.3 Å². The van der Waals surface area contributed by atoms with E-state index in [9.17, 15) is 8.42 Å². The van der Waals surface area contributed by atoms with Crippen LogP contribution in [0.25, 0.3) is 21.7 Å². The Morgan fingerprint density at radius 1 is 1.17 bits per heavy atom. The molecule has 0 spiro atoms. The molecule has 0 saturated heterocycles. The zero-order valence-corrected chi connectivity index (χ0v) is 15.3. The van der Waals surface area contributed by atoms with E-state index in [0.29, 0.717) is 5.13 Å². The highest BCUT2D eigenvalue weighted by molar-refractivity contribution is 7.90. The van der Waals surface area contributed by atoms with Crippen LogP contribution in [0.5, 0.6) is 0 Å². The molecule has 0 unspecified atom stereocenters. The lowest BCUT2D eigenvalue weighted by atomic mass is 10.1. The van der Waals surface area contributed by atoms with Crippen LogP contribution in [0.2, 0.25) is 5.02 Å². The van der Waals surface area contributed by atoms with Gasteiger partial charge in [0.25, 0.3) is 0 Å². The summed E-state index contributed by atoms with van der Waals surface area (Å²) in [7, 11) is -3.37. The maximum absolute atomic E-state index is 11.7. The average Bonchev–Trinajstić information content (AvgIpc) is 2.88. The van der Waals surface area contributed by atoms with Crippen LogP contribution < -0.4 is 5.73 Å². The number of pyridine rings is 1. The molecule has 5 nitrogen and oxygen atoms in total. The van der Waals surface area contributed by atoms with Gasteiger partial charge >= 0.3 is 0 Å². The molecule has 2 N–H and O–H groups in total. The van der Waals surface area contributed by atoms with Gasteiger partial charge in [0.05, 0.1) is 20.5 Å². The van der Waals surface area contributed by atoms with Gasteiger partial charge in [0.2, 0.25) is 0 Å². The second-order valence-electron chi connectivity index (χ2n) is 5.33. The number of anilines is 1. The highest BCUT2D eigenvalue weighted by Crippen LogP contribution is 2.39. The van der Waals surface area contributed by atoms with Gasteiger partial charge in [0, 0.05) is 23.7 Å². The van der Waals surface area contributed by atoms with Crippen molar-refractivity contribution in [3.8, 4) is 21.7 Å². The molecule has 0 bridgehead atoms. The number of benzene rings is 1. The van der Waals surface area contributed by atoms with Crippen molar-refractivity contribution in [3.63, 3.8) is 0 Å². The largest absolute Gasteiger partial charge is 0.375 e. The van der Waals surface area contributed by atoms with Crippen LogP contribution in [0.4, 0.5) is 5.13 Å². The van der Waals surface area contributed by atoms with E-state index in [-0.39, 0.29) is 9.92 Å². The minimum absolute atomic E-state index is 0.103. The second kappa shape index (κ2) is 6.16. The number of aromatic nitrogens is 2. The van der Waals surface area contributed by atoms with Crippen LogP contribution in [-0.4, -0.2) is 24.6 Å². The summed E-state index contributed by atoms with van der Waals surface area (Å²) in [5.41, 5.74) is 9.16. The summed E-state index contributed by atoms with van der Waals surface area (Å²) in [5.74, 6) is 0.